The SMILES string of the molecule is C=C(c1c(C)c(C(=O)O)cc2c(-c3ccnc(N(C)C)c3)ccn12)N1CCOCC1. The van der Waals surface area contributed by atoms with Gasteiger partial charge in [0.25, 0.3) is 0 Å². The van der Waals surface area contributed by atoms with Gasteiger partial charge in [-0.15, -0.1) is 0 Å². The summed E-state index contributed by atoms with van der Waals surface area (Å²) in [7, 11) is 3.89. The van der Waals surface area contributed by atoms with Crippen molar-refractivity contribution in [3.05, 3.63) is 60.1 Å². The van der Waals surface area contributed by atoms with Gasteiger partial charge in [0, 0.05) is 45.1 Å². The third-order valence-corrected chi connectivity index (χ3v) is 5.62. The van der Waals surface area contributed by atoms with Crippen molar-refractivity contribution in [2.75, 3.05) is 45.3 Å². The minimum atomic E-state index is -0.943. The number of ether oxygens (including phenoxy) is 1. The van der Waals surface area contributed by atoms with E-state index in [1.54, 1.807) is 12.3 Å². The quantitative estimate of drug-likeness (QED) is 0.701. The van der Waals surface area contributed by atoms with Crippen LogP contribution in [0.2, 0.25) is 0 Å². The third-order valence-electron chi connectivity index (χ3n) is 5.62. The fraction of sp³-hybridized carbons (Fsp3) is 0.304. The van der Waals surface area contributed by atoms with Crippen LogP contribution in [0.3, 0.4) is 0 Å². The maximum atomic E-state index is 12.0. The molecule has 0 atom stereocenters. The Hall–Kier alpha value is -3.32. The molecule has 0 bridgehead atoms. The van der Waals surface area contributed by atoms with E-state index in [9.17, 15) is 9.90 Å². The zero-order valence-corrected chi connectivity index (χ0v) is 17.6. The van der Waals surface area contributed by atoms with Crippen molar-refractivity contribution in [3.8, 4) is 11.1 Å². The summed E-state index contributed by atoms with van der Waals surface area (Å²) in [6.07, 6.45) is 3.76. The van der Waals surface area contributed by atoms with Gasteiger partial charge in [-0.2, -0.15) is 0 Å². The Morgan fingerprint density at radius 2 is 1.97 bits per heavy atom. The van der Waals surface area contributed by atoms with E-state index < -0.39 is 5.97 Å². The number of fused-ring (bicyclic) bond motifs is 1. The van der Waals surface area contributed by atoms with E-state index in [1.807, 2.05) is 54.7 Å². The Kier molecular flexibility index (Phi) is 5.22. The van der Waals surface area contributed by atoms with Gasteiger partial charge in [-0.05, 0) is 42.3 Å². The molecule has 7 nitrogen and oxygen atoms in total. The van der Waals surface area contributed by atoms with Crippen LogP contribution in [-0.2, 0) is 4.74 Å². The first kappa shape index (κ1) is 20.0. The van der Waals surface area contributed by atoms with Crippen LogP contribution >= 0.6 is 0 Å². The first-order valence-electron chi connectivity index (χ1n) is 9.92. The highest BCUT2D eigenvalue weighted by Gasteiger charge is 2.23. The van der Waals surface area contributed by atoms with Crippen molar-refractivity contribution in [2.45, 2.75) is 6.92 Å². The lowest BCUT2D eigenvalue weighted by Crippen LogP contribution is -2.35. The van der Waals surface area contributed by atoms with Gasteiger partial charge in [0.05, 0.1) is 35.7 Å². The average molecular weight is 406 g/mol. The predicted molar refractivity (Wildman–Crippen MR) is 118 cm³/mol. The van der Waals surface area contributed by atoms with Gasteiger partial charge in [0.1, 0.15) is 5.82 Å². The minimum Gasteiger partial charge on any atom is -0.478 e. The molecule has 7 heteroatoms. The van der Waals surface area contributed by atoms with Gasteiger partial charge >= 0.3 is 5.97 Å². The first-order valence-corrected chi connectivity index (χ1v) is 9.92. The van der Waals surface area contributed by atoms with Crippen molar-refractivity contribution >= 4 is 23.0 Å². The monoisotopic (exact) mass is 406 g/mol. The molecule has 1 aliphatic heterocycles. The maximum Gasteiger partial charge on any atom is 0.336 e. The number of hydrogen-bond acceptors (Lipinski definition) is 5. The van der Waals surface area contributed by atoms with Crippen molar-refractivity contribution in [3.63, 3.8) is 0 Å². The highest BCUT2D eigenvalue weighted by atomic mass is 16.5. The maximum absolute atomic E-state index is 12.0. The Morgan fingerprint density at radius 1 is 1.23 bits per heavy atom. The smallest absolute Gasteiger partial charge is 0.336 e. The number of carboxylic acids is 1. The normalized spacial score (nSPS) is 14.2. The molecule has 4 rings (SSSR count). The van der Waals surface area contributed by atoms with Crippen LogP contribution in [0, 0.1) is 6.92 Å². The summed E-state index contributed by atoms with van der Waals surface area (Å²) in [5.41, 5.74) is 5.40. The van der Waals surface area contributed by atoms with Gasteiger partial charge in [0.15, 0.2) is 0 Å². The summed E-state index contributed by atoms with van der Waals surface area (Å²) >= 11 is 0. The molecule has 1 N–H and O–H groups in total. The number of rotatable bonds is 5. The van der Waals surface area contributed by atoms with Crippen LogP contribution < -0.4 is 4.90 Å². The number of aromatic carboxylic acids is 1. The molecule has 0 aliphatic carbocycles. The number of anilines is 1. The summed E-state index contributed by atoms with van der Waals surface area (Å²) in [5, 5.41) is 9.87. The van der Waals surface area contributed by atoms with Crippen LogP contribution in [0.4, 0.5) is 5.82 Å². The standard InChI is InChI=1S/C23H26N4O3/c1-15-19(23(28)29)14-20-18(17-5-7-24-21(13-17)25(3)4)6-8-27(20)22(15)16(2)26-9-11-30-12-10-26/h5-8,13-14H,2,9-12H2,1,3-4H3,(H,28,29). The molecule has 0 spiro atoms. The molecule has 1 fully saturated rings. The molecule has 0 amide bonds. The summed E-state index contributed by atoms with van der Waals surface area (Å²) in [5.74, 6) is -0.0998. The van der Waals surface area contributed by atoms with E-state index in [0.717, 1.165) is 46.9 Å². The molecular weight excluding hydrogens is 380 g/mol. The van der Waals surface area contributed by atoms with Crippen molar-refractivity contribution in [1.29, 1.82) is 0 Å². The van der Waals surface area contributed by atoms with Gasteiger partial charge in [0.2, 0.25) is 0 Å². The van der Waals surface area contributed by atoms with E-state index in [4.69, 9.17) is 4.74 Å². The van der Waals surface area contributed by atoms with E-state index >= 15 is 0 Å². The molecule has 3 aromatic rings. The molecular formula is C23H26N4O3. The predicted octanol–water partition coefficient (Wildman–Crippen LogP) is 3.38. The molecule has 156 valence electrons. The second-order valence-corrected chi connectivity index (χ2v) is 7.66. The number of hydrogen-bond donors (Lipinski definition) is 1. The largest absolute Gasteiger partial charge is 0.478 e. The van der Waals surface area contributed by atoms with Crippen LogP contribution in [0.15, 0.2) is 43.2 Å². The van der Waals surface area contributed by atoms with Gasteiger partial charge in [-0.3, -0.25) is 0 Å². The van der Waals surface area contributed by atoms with Gasteiger partial charge < -0.3 is 24.0 Å². The Balaban J connectivity index is 1.92. The molecule has 4 heterocycles. The van der Waals surface area contributed by atoms with E-state index in [2.05, 4.69) is 16.5 Å². The molecule has 3 aromatic heterocycles. The summed E-state index contributed by atoms with van der Waals surface area (Å²) < 4.78 is 7.51. The average Bonchev–Trinajstić information content (AvgIpc) is 3.17. The minimum absolute atomic E-state index is 0.286. The topological polar surface area (TPSA) is 70.3 Å². The molecule has 0 unspecified atom stereocenters. The summed E-state index contributed by atoms with van der Waals surface area (Å²) in [6, 6.07) is 7.72. The van der Waals surface area contributed by atoms with E-state index in [1.165, 1.54) is 0 Å². The van der Waals surface area contributed by atoms with E-state index in [-0.39, 0.29) is 5.56 Å². The van der Waals surface area contributed by atoms with Crippen LogP contribution in [0.1, 0.15) is 21.6 Å². The van der Waals surface area contributed by atoms with Crippen LogP contribution in [0.25, 0.3) is 22.3 Å². The van der Waals surface area contributed by atoms with Crippen molar-refractivity contribution in [1.82, 2.24) is 14.3 Å². The number of aromatic nitrogens is 2. The van der Waals surface area contributed by atoms with Crippen LogP contribution in [0.5, 0.6) is 0 Å². The van der Waals surface area contributed by atoms with Gasteiger partial charge in [-0.25, -0.2) is 9.78 Å². The van der Waals surface area contributed by atoms with Gasteiger partial charge in [-0.1, -0.05) is 6.58 Å². The Morgan fingerprint density at radius 3 is 2.63 bits per heavy atom. The lowest BCUT2D eigenvalue weighted by molar-refractivity contribution is 0.0638. The molecule has 0 aromatic carbocycles. The third kappa shape index (κ3) is 3.41. The van der Waals surface area contributed by atoms with E-state index in [0.29, 0.717) is 18.8 Å². The fourth-order valence-electron chi connectivity index (χ4n) is 3.98. The Bertz CT molecular complexity index is 1130. The molecule has 0 radical (unpaired) electrons. The van der Waals surface area contributed by atoms with Crippen LogP contribution in [-0.4, -0.2) is 65.8 Å². The second-order valence-electron chi connectivity index (χ2n) is 7.66. The highest BCUT2D eigenvalue weighted by molar-refractivity contribution is 5.95. The molecule has 30 heavy (non-hydrogen) atoms. The first-order chi connectivity index (χ1) is 14.4. The number of carboxylic acid groups (broad SMARTS) is 1. The summed E-state index contributed by atoms with van der Waals surface area (Å²) in [6.45, 7) is 8.92. The number of pyridine rings is 2. The molecule has 1 aliphatic rings. The number of nitrogens with zero attached hydrogens (tertiary/aromatic N) is 4. The second kappa shape index (κ2) is 7.84. The zero-order valence-electron chi connectivity index (χ0n) is 17.6. The highest BCUT2D eigenvalue weighted by Crippen LogP contribution is 2.33. The lowest BCUT2D eigenvalue weighted by atomic mass is 10.0. The zero-order chi connectivity index (χ0) is 21.4. The summed E-state index contributed by atoms with van der Waals surface area (Å²) in [4.78, 5) is 20.5. The molecule has 0 saturated carbocycles. The molecule has 1 saturated heterocycles. The number of carbonyl (C=O) groups is 1. The fourth-order valence-corrected chi connectivity index (χ4v) is 3.98. The van der Waals surface area contributed by atoms with Crippen molar-refractivity contribution < 1.29 is 14.6 Å². The Labute approximate surface area is 175 Å². The number of morpholine rings is 1. The van der Waals surface area contributed by atoms with Crippen molar-refractivity contribution in [2.24, 2.45) is 0 Å². The lowest BCUT2D eigenvalue weighted by Gasteiger charge is -2.31.